The molecule has 0 aliphatic carbocycles. The molecule has 0 radical (unpaired) electrons. The van der Waals surface area contributed by atoms with E-state index in [1.165, 1.54) is 7.11 Å². The molecule has 1 aliphatic heterocycles. The zero-order valence-electron chi connectivity index (χ0n) is 10.4. The summed E-state index contributed by atoms with van der Waals surface area (Å²) in [6.45, 7) is 3.24. The molecule has 0 amide bonds. The topological polar surface area (TPSA) is 51.9 Å². The van der Waals surface area contributed by atoms with Crippen LogP contribution in [0.15, 0.2) is 16.5 Å². The largest absolute Gasteiger partial charge is 0.468 e. The first kappa shape index (κ1) is 12.0. The number of esters is 1. The van der Waals surface area contributed by atoms with E-state index < -0.39 is 5.41 Å². The summed E-state index contributed by atoms with van der Waals surface area (Å²) in [5.41, 5.74) is -0.551. The second-order valence-electron chi connectivity index (χ2n) is 4.51. The van der Waals surface area contributed by atoms with Gasteiger partial charge in [0.05, 0.1) is 20.3 Å². The number of aryl methyl sites for hydroxylation is 1. The van der Waals surface area contributed by atoms with Gasteiger partial charge in [0.2, 0.25) is 0 Å². The van der Waals surface area contributed by atoms with Gasteiger partial charge in [-0.3, -0.25) is 4.79 Å². The summed E-state index contributed by atoms with van der Waals surface area (Å²) in [6.07, 6.45) is 0. The summed E-state index contributed by atoms with van der Waals surface area (Å²) in [5.74, 6) is 1.38. The lowest BCUT2D eigenvalue weighted by molar-refractivity contribution is -0.181. The maximum Gasteiger partial charge on any atom is 0.318 e. The van der Waals surface area contributed by atoms with E-state index in [1.807, 2.05) is 31.0 Å². The quantitative estimate of drug-likeness (QED) is 0.739. The van der Waals surface area contributed by atoms with Crippen LogP contribution in [0.25, 0.3) is 0 Å². The van der Waals surface area contributed by atoms with E-state index in [4.69, 9.17) is 13.9 Å². The van der Waals surface area contributed by atoms with Gasteiger partial charge in [-0.25, -0.2) is 0 Å². The highest BCUT2D eigenvalue weighted by Gasteiger charge is 2.48. The highest BCUT2D eigenvalue weighted by molar-refractivity contribution is 5.78. The molecule has 2 rings (SSSR count). The van der Waals surface area contributed by atoms with Gasteiger partial charge in [0.15, 0.2) is 5.88 Å². The molecule has 0 bridgehead atoms. The fourth-order valence-electron chi connectivity index (χ4n) is 2.00. The molecule has 0 spiro atoms. The summed E-state index contributed by atoms with van der Waals surface area (Å²) in [5, 5.41) is 0. The SMILES string of the molecule is COC(=O)C1(CN(C)c2ccc(C)o2)COC1. The summed E-state index contributed by atoms with van der Waals surface area (Å²) in [4.78, 5) is 13.6. The van der Waals surface area contributed by atoms with Crippen LogP contribution in [0.1, 0.15) is 5.76 Å². The van der Waals surface area contributed by atoms with Crippen molar-refractivity contribution in [2.45, 2.75) is 6.92 Å². The average molecular weight is 239 g/mol. The minimum absolute atomic E-state index is 0.223. The third kappa shape index (κ3) is 2.15. The first-order chi connectivity index (χ1) is 8.07. The Kier molecular flexibility index (Phi) is 3.11. The predicted molar refractivity (Wildman–Crippen MR) is 62.0 cm³/mol. The van der Waals surface area contributed by atoms with E-state index in [2.05, 4.69) is 0 Å². The van der Waals surface area contributed by atoms with Gasteiger partial charge in [-0.05, 0) is 13.0 Å². The molecular formula is C12H17NO4. The highest BCUT2D eigenvalue weighted by Crippen LogP contribution is 2.31. The molecule has 17 heavy (non-hydrogen) atoms. The molecule has 1 saturated heterocycles. The molecule has 0 N–H and O–H groups in total. The minimum Gasteiger partial charge on any atom is -0.468 e. The van der Waals surface area contributed by atoms with Crippen molar-refractivity contribution in [3.63, 3.8) is 0 Å². The molecule has 1 aromatic heterocycles. The Labute approximate surface area is 100 Å². The lowest BCUT2D eigenvalue weighted by atomic mass is 9.85. The van der Waals surface area contributed by atoms with Gasteiger partial charge in [0.1, 0.15) is 11.2 Å². The van der Waals surface area contributed by atoms with Crippen molar-refractivity contribution >= 4 is 11.9 Å². The van der Waals surface area contributed by atoms with E-state index in [1.54, 1.807) is 0 Å². The van der Waals surface area contributed by atoms with E-state index in [0.717, 1.165) is 11.6 Å². The zero-order valence-corrected chi connectivity index (χ0v) is 10.4. The summed E-state index contributed by atoms with van der Waals surface area (Å²) >= 11 is 0. The van der Waals surface area contributed by atoms with Crippen LogP contribution >= 0.6 is 0 Å². The van der Waals surface area contributed by atoms with Gasteiger partial charge < -0.3 is 18.8 Å². The number of hydrogen-bond acceptors (Lipinski definition) is 5. The van der Waals surface area contributed by atoms with Gasteiger partial charge >= 0.3 is 5.97 Å². The van der Waals surface area contributed by atoms with E-state index >= 15 is 0 Å². The van der Waals surface area contributed by atoms with Crippen LogP contribution in [0.5, 0.6) is 0 Å². The molecule has 1 aliphatic rings. The van der Waals surface area contributed by atoms with E-state index in [9.17, 15) is 4.79 Å². The van der Waals surface area contributed by atoms with Gasteiger partial charge in [-0.15, -0.1) is 0 Å². The second-order valence-corrected chi connectivity index (χ2v) is 4.51. The number of nitrogens with zero attached hydrogens (tertiary/aromatic N) is 1. The first-order valence-electron chi connectivity index (χ1n) is 5.51. The van der Waals surface area contributed by atoms with Crippen molar-refractivity contribution in [1.82, 2.24) is 0 Å². The van der Waals surface area contributed by atoms with E-state index in [-0.39, 0.29) is 5.97 Å². The third-order valence-electron chi connectivity index (χ3n) is 3.02. The smallest absolute Gasteiger partial charge is 0.318 e. The molecule has 0 atom stereocenters. The Hall–Kier alpha value is -1.49. The number of methoxy groups -OCH3 is 1. The molecule has 2 heterocycles. The number of hydrogen-bond donors (Lipinski definition) is 0. The molecule has 0 aromatic carbocycles. The number of rotatable bonds is 4. The number of ether oxygens (including phenoxy) is 2. The summed E-state index contributed by atoms with van der Waals surface area (Å²) in [7, 11) is 3.29. The zero-order chi connectivity index (χ0) is 12.5. The molecule has 1 aromatic rings. The molecule has 0 unspecified atom stereocenters. The van der Waals surface area contributed by atoms with Crippen LogP contribution in [0, 0.1) is 12.3 Å². The maximum absolute atomic E-state index is 11.7. The Morgan fingerprint density at radius 3 is 2.65 bits per heavy atom. The summed E-state index contributed by atoms with van der Waals surface area (Å²) < 4.78 is 15.5. The predicted octanol–water partition coefficient (Wildman–Crippen LogP) is 1.21. The van der Waals surface area contributed by atoms with Crippen molar-refractivity contribution < 1.29 is 18.7 Å². The van der Waals surface area contributed by atoms with Crippen LogP contribution in [-0.2, 0) is 14.3 Å². The van der Waals surface area contributed by atoms with Gasteiger partial charge in [0, 0.05) is 19.7 Å². The highest BCUT2D eigenvalue weighted by atomic mass is 16.5. The molecule has 94 valence electrons. The maximum atomic E-state index is 11.7. The Morgan fingerprint density at radius 1 is 1.53 bits per heavy atom. The van der Waals surface area contributed by atoms with Crippen LogP contribution in [0.2, 0.25) is 0 Å². The lowest BCUT2D eigenvalue weighted by Crippen LogP contribution is -2.56. The van der Waals surface area contributed by atoms with Gasteiger partial charge in [-0.1, -0.05) is 0 Å². The van der Waals surface area contributed by atoms with Gasteiger partial charge in [-0.2, -0.15) is 0 Å². The Balaban J connectivity index is 2.06. The number of carbonyl (C=O) groups is 1. The molecule has 5 heteroatoms. The lowest BCUT2D eigenvalue weighted by Gasteiger charge is -2.40. The minimum atomic E-state index is -0.551. The number of anilines is 1. The summed E-state index contributed by atoms with van der Waals surface area (Å²) in [6, 6.07) is 3.79. The normalized spacial score (nSPS) is 17.4. The molecule has 1 fully saturated rings. The number of furan rings is 1. The monoisotopic (exact) mass is 239 g/mol. The molecular weight excluding hydrogens is 222 g/mol. The Morgan fingerprint density at radius 2 is 2.24 bits per heavy atom. The fourth-order valence-corrected chi connectivity index (χ4v) is 2.00. The van der Waals surface area contributed by atoms with Crippen molar-refractivity contribution in [2.24, 2.45) is 5.41 Å². The standard InChI is InChI=1S/C12H17NO4/c1-9-4-5-10(17-9)13(2)6-12(7-16-8-12)11(14)15-3/h4-5H,6-8H2,1-3H3. The average Bonchev–Trinajstić information content (AvgIpc) is 2.69. The van der Waals surface area contributed by atoms with Crippen LogP contribution in [-0.4, -0.2) is 39.9 Å². The van der Waals surface area contributed by atoms with Crippen molar-refractivity contribution in [2.75, 3.05) is 38.8 Å². The first-order valence-corrected chi connectivity index (χ1v) is 5.51. The fraction of sp³-hybridized carbons (Fsp3) is 0.583. The van der Waals surface area contributed by atoms with Crippen molar-refractivity contribution in [3.05, 3.63) is 17.9 Å². The van der Waals surface area contributed by atoms with Gasteiger partial charge in [0.25, 0.3) is 0 Å². The number of carbonyl (C=O) groups excluding carboxylic acids is 1. The van der Waals surface area contributed by atoms with Crippen LogP contribution in [0.3, 0.4) is 0 Å². The van der Waals surface area contributed by atoms with Crippen molar-refractivity contribution in [3.8, 4) is 0 Å². The van der Waals surface area contributed by atoms with Crippen LogP contribution < -0.4 is 4.90 Å². The third-order valence-corrected chi connectivity index (χ3v) is 3.02. The van der Waals surface area contributed by atoms with Crippen molar-refractivity contribution in [1.29, 1.82) is 0 Å². The Bertz CT molecular complexity index is 408. The second kappa shape index (κ2) is 4.41. The molecule has 0 saturated carbocycles. The van der Waals surface area contributed by atoms with E-state index in [0.29, 0.717) is 19.8 Å². The molecule has 5 nitrogen and oxygen atoms in total. The van der Waals surface area contributed by atoms with Crippen LogP contribution in [0.4, 0.5) is 5.88 Å².